The number of rotatable bonds is 5. The van der Waals surface area contributed by atoms with Crippen LogP contribution in [0.5, 0.6) is 5.75 Å². The van der Waals surface area contributed by atoms with Gasteiger partial charge in [-0.3, -0.25) is 5.10 Å². The Morgan fingerprint density at radius 3 is 2.59 bits per heavy atom. The van der Waals surface area contributed by atoms with Crippen LogP contribution >= 0.6 is 0 Å². The third-order valence-electron chi connectivity index (χ3n) is 5.31. The van der Waals surface area contributed by atoms with Gasteiger partial charge >= 0.3 is 0 Å². The molecule has 0 saturated carbocycles. The Bertz CT molecular complexity index is 1110. The molecule has 0 bridgehead atoms. The molecule has 1 aromatic heterocycles. The highest BCUT2D eigenvalue weighted by molar-refractivity contribution is 7.89. The lowest BCUT2D eigenvalue weighted by atomic mass is 9.94. The van der Waals surface area contributed by atoms with Crippen LogP contribution in [0.4, 0.5) is 4.39 Å². The molecule has 1 N–H and O–H groups in total. The Morgan fingerprint density at radius 2 is 1.86 bits per heavy atom. The van der Waals surface area contributed by atoms with E-state index in [0.29, 0.717) is 25.9 Å². The highest BCUT2D eigenvalue weighted by atomic mass is 32.2. The number of sulfonamides is 1. The molecule has 152 valence electrons. The maximum atomic E-state index is 14.0. The lowest BCUT2D eigenvalue weighted by Gasteiger charge is -2.30. The molecule has 8 heteroatoms. The van der Waals surface area contributed by atoms with Crippen LogP contribution in [0.3, 0.4) is 0 Å². The number of H-pyrrole nitrogens is 1. The molecular formula is C21H22FN3O3S. The van der Waals surface area contributed by atoms with Crippen LogP contribution in [0.25, 0.3) is 11.3 Å². The molecule has 3 aromatic rings. The average molecular weight is 415 g/mol. The predicted octanol–water partition coefficient (Wildman–Crippen LogP) is 3.79. The Hall–Kier alpha value is -2.71. The molecule has 29 heavy (non-hydrogen) atoms. The fourth-order valence-electron chi connectivity index (χ4n) is 3.68. The first-order valence-corrected chi connectivity index (χ1v) is 10.9. The number of halogens is 1. The maximum absolute atomic E-state index is 14.0. The van der Waals surface area contributed by atoms with Gasteiger partial charge in [0.25, 0.3) is 0 Å². The van der Waals surface area contributed by atoms with E-state index in [9.17, 15) is 12.8 Å². The van der Waals surface area contributed by atoms with Crippen LogP contribution in [-0.2, 0) is 10.0 Å². The summed E-state index contributed by atoms with van der Waals surface area (Å²) in [6.07, 6.45) is 1.29. The topological polar surface area (TPSA) is 75.3 Å². The summed E-state index contributed by atoms with van der Waals surface area (Å²) in [7, 11) is -2.20. The fourth-order valence-corrected chi connectivity index (χ4v) is 5.21. The van der Waals surface area contributed by atoms with Gasteiger partial charge in [-0.15, -0.1) is 0 Å². The zero-order valence-corrected chi connectivity index (χ0v) is 16.8. The minimum absolute atomic E-state index is 0.175. The number of nitrogens with zero attached hydrogens (tertiary/aromatic N) is 2. The minimum atomic E-state index is -3.83. The van der Waals surface area contributed by atoms with E-state index in [0.717, 1.165) is 22.7 Å². The average Bonchev–Trinajstić information content (AvgIpc) is 3.24. The van der Waals surface area contributed by atoms with Crippen molar-refractivity contribution in [1.29, 1.82) is 0 Å². The summed E-state index contributed by atoms with van der Waals surface area (Å²) >= 11 is 0. The number of hydrogen-bond donors (Lipinski definition) is 1. The van der Waals surface area contributed by atoms with Crippen molar-refractivity contribution in [3.8, 4) is 17.0 Å². The van der Waals surface area contributed by atoms with E-state index in [-0.39, 0.29) is 10.8 Å². The molecule has 0 aliphatic carbocycles. The van der Waals surface area contributed by atoms with Crippen LogP contribution < -0.4 is 4.74 Å². The number of aromatic nitrogens is 2. The van der Waals surface area contributed by atoms with Crippen molar-refractivity contribution in [2.75, 3.05) is 20.2 Å². The van der Waals surface area contributed by atoms with Gasteiger partial charge in [0, 0.05) is 30.3 Å². The molecule has 0 atom stereocenters. The van der Waals surface area contributed by atoms with Gasteiger partial charge in [-0.25, -0.2) is 12.8 Å². The summed E-state index contributed by atoms with van der Waals surface area (Å²) in [6.45, 7) is 0.684. The second-order valence-electron chi connectivity index (χ2n) is 7.05. The van der Waals surface area contributed by atoms with Gasteiger partial charge in [0.05, 0.1) is 12.8 Å². The standard InChI is InChI=1S/C21H22FN3O3S/c1-28-17-6-4-5-16(13-17)20-14-19(23-24-20)15-9-11-25(12-10-15)29(26,27)21-8-3-2-7-18(21)22/h2-8,13-15H,9-12H2,1H3,(H,23,24). The molecule has 6 nitrogen and oxygen atoms in total. The molecule has 1 fully saturated rings. The number of nitrogens with one attached hydrogen (secondary N) is 1. The molecule has 0 spiro atoms. The number of methoxy groups -OCH3 is 1. The first-order valence-electron chi connectivity index (χ1n) is 9.43. The molecule has 1 aliphatic rings. The molecular weight excluding hydrogens is 393 g/mol. The van der Waals surface area contributed by atoms with E-state index in [1.54, 1.807) is 7.11 Å². The Labute approximate surface area is 169 Å². The zero-order chi connectivity index (χ0) is 20.4. The molecule has 0 unspecified atom stereocenters. The predicted molar refractivity (Wildman–Crippen MR) is 108 cm³/mol. The van der Waals surface area contributed by atoms with Crippen LogP contribution in [0.2, 0.25) is 0 Å². The van der Waals surface area contributed by atoms with Gasteiger partial charge < -0.3 is 4.74 Å². The molecule has 2 aromatic carbocycles. The summed E-state index contributed by atoms with van der Waals surface area (Å²) in [5.74, 6) is 0.221. The molecule has 4 rings (SSSR count). The van der Waals surface area contributed by atoms with Gasteiger partial charge in [0.2, 0.25) is 10.0 Å². The third kappa shape index (κ3) is 3.90. The summed E-state index contributed by atoms with van der Waals surface area (Å²) in [5, 5.41) is 7.49. The Kier molecular flexibility index (Phi) is 5.38. The van der Waals surface area contributed by atoms with Crippen LogP contribution in [0, 0.1) is 5.82 Å². The van der Waals surface area contributed by atoms with Crippen molar-refractivity contribution in [1.82, 2.24) is 14.5 Å². The highest BCUT2D eigenvalue weighted by Crippen LogP contribution is 2.32. The smallest absolute Gasteiger partial charge is 0.245 e. The summed E-state index contributed by atoms with van der Waals surface area (Å²) in [4.78, 5) is -0.264. The third-order valence-corrected chi connectivity index (χ3v) is 7.24. The van der Waals surface area contributed by atoms with Crippen LogP contribution in [-0.4, -0.2) is 43.1 Å². The van der Waals surface area contributed by atoms with Crippen molar-refractivity contribution in [3.63, 3.8) is 0 Å². The number of piperidine rings is 1. The lowest BCUT2D eigenvalue weighted by Crippen LogP contribution is -2.38. The normalized spacial score (nSPS) is 16.1. The largest absolute Gasteiger partial charge is 0.497 e. The van der Waals surface area contributed by atoms with Gasteiger partial charge in [-0.2, -0.15) is 9.40 Å². The van der Waals surface area contributed by atoms with Gasteiger partial charge in [-0.05, 0) is 43.2 Å². The number of benzene rings is 2. The summed E-state index contributed by atoms with van der Waals surface area (Å²) < 4.78 is 46.1. The van der Waals surface area contributed by atoms with Crippen molar-refractivity contribution < 1.29 is 17.5 Å². The Balaban J connectivity index is 1.46. The molecule has 2 heterocycles. The van der Waals surface area contributed by atoms with Crippen LogP contribution in [0.1, 0.15) is 24.5 Å². The second kappa shape index (κ2) is 7.96. The fraction of sp³-hybridized carbons (Fsp3) is 0.286. The zero-order valence-electron chi connectivity index (χ0n) is 16.0. The van der Waals surface area contributed by atoms with Crippen molar-refractivity contribution in [3.05, 3.63) is 66.1 Å². The Morgan fingerprint density at radius 1 is 1.10 bits per heavy atom. The maximum Gasteiger partial charge on any atom is 0.245 e. The molecule has 0 radical (unpaired) electrons. The van der Waals surface area contributed by atoms with Gasteiger partial charge in [-0.1, -0.05) is 24.3 Å². The number of aromatic amines is 1. The molecule has 1 saturated heterocycles. The van der Waals surface area contributed by atoms with E-state index in [2.05, 4.69) is 10.2 Å². The van der Waals surface area contributed by atoms with Crippen molar-refractivity contribution >= 4 is 10.0 Å². The molecule has 0 amide bonds. The van der Waals surface area contributed by atoms with E-state index in [1.807, 2.05) is 30.3 Å². The quantitative estimate of drug-likeness (QED) is 0.688. The van der Waals surface area contributed by atoms with E-state index in [1.165, 1.54) is 28.6 Å². The first-order chi connectivity index (χ1) is 14.0. The molecule has 1 aliphatic heterocycles. The minimum Gasteiger partial charge on any atom is -0.497 e. The lowest BCUT2D eigenvalue weighted by molar-refractivity contribution is 0.315. The monoisotopic (exact) mass is 415 g/mol. The van der Waals surface area contributed by atoms with Crippen LogP contribution in [0.15, 0.2) is 59.5 Å². The SMILES string of the molecule is COc1cccc(-c2cc(C3CCN(S(=O)(=O)c4ccccc4F)CC3)[nH]n2)c1. The number of hydrogen-bond acceptors (Lipinski definition) is 4. The summed E-state index contributed by atoms with van der Waals surface area (Å²) in [6, 6.07) is 15.2. The summed E-state index contributed by atoms with van der Waals surface area (Å²) in [5.41, 5.74) is 2.75. The van der Waals surface area contributed by atoms with Crippen molar-refractivity contribution in [2.24, 2.45) is 0 Å². The van der Waals surface area contributed by atoms with Gasteiger partial charge in [0.1, 0.15) is 16.5 Å². The van der Waals surface area contributed by atoms with E-state index < -0.39 is 15.8 Å². The first kappa shape index (κ1) is 19.6. The van der Waals surface area contributed by atoms with E-state index >= 15 is 0 Å². The van der Waals surface area contributed by atoms with E-state index in [4.69, 9.17) is 4.74 Å². The second-order valence-corrected chi connectivity index (χ2v) is 8.96. The van der Waals surface area contributed by atoms with Gasteiger partial charge in [0.15, 0.2) is 0 Å². The number of ether oxygens (including phenoxy) is 1. The highest BCUT2D eigenvalue weighted by Gasteiger charge is 2.32. The van der Waals surface area contributed by atoms with Crippen molar-refractivity contribution in [2.45, 2.75) is 23.7 Å².